The number of benzene rings is 1. The Labute approximate surface area is 124 Å². The molecule has 0 aliphatic rings. The van der Waals surface area contributed by atoms with Crippen LogP contribution in [0.2, 0.25) is 0 Å². The van der Waals surface area contributed by atoms with E-state index in [1.54, 1.807) is 19.9 Å². The van der Waals surface area contributed by atoms with E-state index < -0.39 is 17.9 Å². The number of carboxylic acids is 2. The van der Waals surface area contributed by atoms with Crippen LogP contribution in [0.1, 0.15) is 43.0 Å². The molecule has 116 valence electrons. The Balaban J connectivity index is 3.37. The van der Waals surface area contributed by atoms with Crippen molar-refractivity contribution in [3.8, 4) is 5.75 Å². The highest BCUT2D eigenvalue weighted by molar-refractivity contribution is 5.93. The van der Waals surface area contributed by atoms with Crippen molar-refractivity contribution in [3.63, 3.8) is 0 Å². The van der Waals surface area contributed by atoms with Crippen LogP contribution < -0.4 is 0 Å². The Hall–Kier alpha value is -2.04. The molecule has 3 N–H and O–H groups in total. The third-order valence-electron chi connectivity index (χ3n) is 3.71. The quantitative estimate of drug-likeness (QED) is 0.742. The number of hydrogen-bond donors (Lipinski definition) is 3. The maximum Gasteiger partial charge on any atom is 0.318 e. The van der Waals surface area contributed by atoms with Crippen molar-refractivity contribution in [2.24, 2.45) is 5.92 Å². The summed E-state index contributed by atoms with van der Waals surface area (Å²) in [5.41, 5.74) is 2.44. The van der Waals surface area contributed by atoms with Crippen LogP contribution in [-0.4, -0.2) is 27.3 Å². The summed E-state index contributed by atoms with van der Waals surface area (Å²) in [6.07, 6.45) is -0.139. The maximum absolute atomic E-state index is 11.0. The zero-order valence-electron chi connectivity index (χ0n) is 13.0. The van der Waals surface area contributed by atoms with E-state index in [1.807, 2.05) is 20.8 Å². The normalized spacial score (nSPS) is 11.7. The number of phenols is 1. The van der Waals surface area contributed by atoms with Crippen molar-refractivity contribution >= 4 is 11.9 Å². The fourth-order valence-electron chi connectivity index (χ4n) is 2.38. The Bertz CT molecular complexity index is 567. The Morgan fingerprint density at radius 1 is 1.14 bits per heavy atom. The van der Waals surface area contributed by atoms with Crippen LogP contribution in [0.3, 0.4) is 0 Å². The van der Waals surface area contributed by atoms with Gasteiger partial charge in [0.25, 0.3) is 0 Å². The average Bonchev–Trinajstić information content (AvgIpc) is 2.31. The molecule has 0 saturated carbocycles. The number of aromatic hydroxyl groups is 1. The molecule has 0 atom stereocenters. The van der Waals surface area contributed by atoms with Gasteiger partial charge in [-0.2, -0.15) is 0 Å². The number of phenolic OH excluding ortho intramolecular Hbond substituents is 1. The van der Waals surface area contributed by atoms with Gasteiger partial charge in [-0.15, -0.1) is 0 Å². The summed E-state index contributed by atoms with van der Waals surface area (Å²) in [4.78, 5) is 22.1. The number of hydrogen-bond acceptors (Lipinski definition) is 3. The van der Waals surface area contributed by atoms with Crippen LogP contribution in [-0.2, 0) is 21.4 Å². The second-order valence-electron chi connectivity index (χ2n) is 6.38. The molecule has 0 unspecified atom stereocenters. The number of carboxylic acid groups (broad SMARTS) is 2. The Morgan fingerprint density at radius 2 is 1.62 bits per heavy atom. The second-order valence-corrected chi connectivity index (χ2v) is 6.38. The highest BCUT2D eigenvalue weighted by Crippen LogP contribution is 2.37. The Morgan fingerprint density at radius 3 is 2.00 bits per heavy atom. The predicted octanol–water partition coefficient (Wildman–Crippen LogP) is 2.63. The summed E-state index contributed by atoms with van der Waals surface area (Å²) in [5.74, 6) is -4.15. The summed E-state index contributed by atoms with van der Waals surface area (Å²) in [5, 5.41) is 28.3. The molecule has 0 amide bonds. The van der Waals surface area contributed by atoms with Crippen LogP contribution >= 0.6 is 0 Å². The number of carbonyl (C=O) groups is 2. The first-order valence-electron chi connectivity index (χ1n) is 6.75. The van der Waals surface area contributed by atoms with Gasteiger partial charge >= 0.3 is 11.9 Å². The molecular formula is C16H22O5. The van der Waals surface area contributed by atoms with E-state index in [0.29, 0.717) is 11.1 Å². The molecule has 1 aromatic carbocycles. The number of aryl methyl sites for hydroxylation is 1. The lowest BCUT2D eigenvalue weighted by Crippen LogP contribution is -2.26. The van der Waals surface area contributed by atoms with Gasteiger partial charge in [0.2, 0.25) is 0 Å². The summed E-state index contributed by atoms with van der Waals surface area (Å²) in [6.45, 7) is 9.40. The van der Waals surface area contributed by atoms with Gasteiger partial charge in [-0.05, 0) is 47.9 Å². The largest absolute Gasteiger partial charge is 0.507 e. The lowest BCUT2D eigenvalue weighted by atomic mass is 9.81. The molecule has 0 aliphatic carbocycles. The van der Waals surface area contributed by atoms with E-state index in [2.05, 4.69) is 0 Å². The molecule has 5 nitrogen and oxygen atoms in total. The van der Waals surface area contributed by atoms with Crippen molar-refractivity contribution in [1.29, 1.82) is 0 Å². The van der Waals surface area contributed by atoms with E-state index in [1.165, 1.54) is 0 Å². The SMILES string of the molecule is Cc1cc(C(C)(C)C)c(O)c(C)c1CC(C(=O)O)C(=O)O. The molecule has 1 aromatic rings. The number of aliphatic carboxylic acids is 2. The topological polar surface area (TPSA) is 94.8 Å². The fourth-order valence-corrected chi connectivity index (χ4v) is 2.38. The molecule has 0 spiro atoms. The number of rotatable bonds is 4. The van der Waals surface area contributed by atoms with Crippen molar-refractivity contribution < 1.29 is 24.9 Å². The molecular weight excluding hydrogens is 272 g/mol. The molecule has 0 bridgehead atoms. The van der Waals surface area contributed by atoms with E-state index in [-0.39, 0.29) is 17.6 Å². The molecule has 1 rings (SSSR count). The molecule has 21 heavy (non-hydrogen) atoms. The Kier molecular flexibility index (Phi) is 4.66. The smallest absolute Gasteiger partial charge is 0.318 e. The zero-order valence-corrected chi connectivity index (χ0v) is 13.0. The molecule has 5 heteroatoms. The van der Waals surface area contributed by atoms with Gasteiger partial charge in [-0.25, -0.2) is 0 Å². The van der Waals surface area contributed by atoms with Gasteiger partial charge in [-0.1, -0.05) is 26.8 Å². The van der Waals surface area contributed by atoms with Crippen molar-refractivity contribution in [3.05, 3.63) is 28.3 Å². The van der Waals surface area contributed by atoms with E-state index in [0.717, 1.165) is 11.1 Å². The first kappa shape index (κ1) is 17.0. The third kappa shape index (κ3) is 3.54. The van der Waals surface area contributed by atoms with Crippen LogP contribution in [0.5, 0.6) is 5.75 Å². The second kappa shape index (κ2) is 5.76. The fraction of sp³-hybridized carbons (Fsp3) is 0.500. The van der Waals surface area contributed by atoms with Crippen molar-refractivity contribution in [1.82, 2.24) is 0 Å². The van der Waals surface area contributed by atoms with Gasteiger partial charge in [0.05, 0.1) is 0 Å². The minimum atomic E-state index is -1.51. The molecule has 0 aromatic heterocycles. The van der Waals surface area contributed by atoms with Gasteiger partial charge < -0.3 is 15.3 Å². The maximum atomic E-state index is 11.0. The van der Waals surface area contributed by atoms with Gasteiger partial charge in [0.1, 0.15) is 5.75 Å². The van der Waals surface area contributed by atoms with Crippen LogP contribution in [0.15, 0.2) is 6.07 Å². The monoisotopic (exact) mass is 294 g/mol. The molecule has 0 aliphatic heterocycles. The summed E-state index contributed by atoms with van der Waals surface area (Å²) in [7, 11) is 0. The van der Waals surface area contributed by atoms with Crippen molar-refractivity contribution in [2.45, 2.75) is 46.5 Å². The zero-order chi connectivity index (χ0) is 16.5. The third-order valence-corrected chi connectivity index (χ3v) is 3.71. The van der Waals surface area contributed by atoms with E-state index in [9.17, 15) is 14.7 Å². The summed E-state index contributed by atoms with van der Waals surface area (Å²) in [6, 6.07) is 1.80. The minimum absolute atomic E-state index is 0.109. The summed E-state index contributed by atoms with van der Waals surface area (Å²) >= 11 is 0. The summed E-state index contributed by atoms with van der Waals surface area (Å²) < 4.78 is 0. The molecule has 0 fully saturated rings. The first-order valence-corrected chi connectivity index (χ1v) is 6.75. The van der Waals surface area contributed by atoms with Crippen LogP contribution in [0, 0.1) is 19.8 Å². The standard InChI is InChI=1S/C16H22O5/c1-8-6-12(16(3,4)5)13(17)9(2)10(8)7-11(14(18)19)15(20)21/h6,11,17H,7H2,1-5H3,(H,18,19)(H,20,21). The van der Waals surface area contributed by atoms with Crippen molar-refractivity contribution in [2.75, 3.05) is 0 Å². The first-order chi connectivity index (χ1) is 9.46. The van der Waals surface area contributed by atoms with E-state index >= 15 is 0 Å². The minimum Gasteiger partial charge on any atom is -0.507 e. The highest BCUT2D eigenvalue weighted by Gasteiger charge is 2.29. The van der Waals surface area contributed by atoms with Crippen LogP contribution in [0.4, 0.5) is 0 Å². The van der Waals surface area contributed by atoms with Gasteiger partial charge in [0.15, 0.2) is 5.92 Å². The molecule has 0 saturated heterocycles. The van der Waals surface area contributed by atoms with Gasteiger partial charge in [0, 0.05) is 0 Å². The van der Waals surface area contributed by atoms with Gasteiger partial charge in [-0.3, -0.25) is 9.59 Å². The average molecular weight is 294 g/mol. The van der Waals surface area contributed by atoms with E-state index in [4.69, 9.17) is 10.2 Å². The predicted molar refractivity (Wildman–Crippen MR) is 78.7 cm³/mol. The highest BCUT2D eigenvalue weighted by atomic mass is 16.4. The lowest BCUT2D eigenvalue weighted by Gasteiger charge is -2.24. The van der Waals surface area contributed by atoms with Crippen LogP contribution in [0.25, 0.3) is 0 Å². The molecule has 0 heterocycles. The molecule has 0 radical (unpaired) electrons. The lowest BCUT2D eigenvalue weighted by molar-refractivity contribution is -0.154.